The first-order valence-electron chi connectivity index (χ1n) is 5.16. The molecule has 1 amide bonds. The summed E-state index contributed by atoms with van der Waals surface area (Å²) in [6, 6.07) is -0.843. The van der Waals surface area contributed by atoms with Crippen LogP contribution < -0.4 is 5.32 Å². The molecule has 1 atom stereocenters. The SMILES string of the molecule is CC[C@H](NC(=O)/C=C/c1csc(C)n1)C(=O)O. The maximum atomic E-state index is 11.4. The lowest BCUT2D eigenvalue weighted by Crippen LogP contribution is -2.39. The molecule has 0 saturated carbocycles. The Bertz CT molecular complexity index is 440. The summed E-state index contributed by atoms with van der Waals surface area (Å²) in [6.45, 7) is 3.58. The largest absolute Gasteiger partial charge is 0.480 e. The second-order valence-corrected chi connectivity index (χ2v) is 4.49. The van der Waals surface area contributed by atoms with Crippen molar-refractivity contribution in [2.75, 3.05) is 0 Å². The highest BCUT2D eigenvalue weighted by Gasteiger charge is 2.15. The summed E-state index contributed by atoms with van der Waals surface area (Å²) in [7, 11) is 0. The quantitative estimate of drug-likeness (QED) is 0.779. The van der Waals surface area contributed by atoms with Crippen LogP contribution in [-0.4, -0.2) is 28.0 Å². The summed E-state index contributed by atoms with van der Waals surface area (Å²) in [6.07, 6.45) is 3.21. The molecule has 0 unspecified atom stereocenters. The minimum absolute atomic E-state index is 0.352. The van der Waals surface area contributed by atoms with Gasteiger partial charge >= 0.3 is 5.97 Å². The smallest absolute Gasteiger partial charge is 0.326 e. The zero-order valence-electron chi connectivity index (χ0n) is 9.64. The van der Waals surface area contributed by atoms with Gasteiger partial charge in [0.25, 0.3) is 0 Å². The minimum Gasteiger partial charge on any atom is -0.480 e. The monoisotopic (exact) mass is 254 g/mol. The highest BCUT2D eigenvalue weighted by atomic mass is 32.1. The maximum absolute atomic E-state index is 11.4. The van der Waals surface area contributed by atoms with Gasteiger partial charge in [-0.15, -0.1) is 11.3 Å². The number of rotatable bonds is 5. The molecule has 0 saturated heterocycles. The van der Waals surface area contributed by atoms with E-state index in [1.807, 2.05) is 12.3 Å². The average Bonchev–Trinajstić information content (AvgIpc) is 2.68. The molecule has 17 heavy (non-hydrogen) atoms. The number of nitrogens with one attached hydrogen (secondary N) is 1. The standard InChI is InChI=1S/C11H14N2O3S/c1-3-9(11(15)16)13-10(14)5-4-8-6-17-7(2)12-8/h4-6,9H,3H2,1-2H3,(H,13,14)(H,15,16)/b5-4+/t9-/m0/s1. The van der Waals surface area contributed by atoms with E-state index < -0.39 is 17.9 Å². The molecule has 2 N–H and O–H groups in total. The average molecular weight is 254 g/mol. The summed E-state index contributed by atoms with van der Waals surface area (Å²) >= 11 is 1.49. The third-order valence-electron chi connectivity index (χ3n) is 2.07. The fourth-order valence-electron chi connectivity index (χ4n) is 1.18. The van der Waals surface area contributed by atoms with Crippen LogP contribution in [0.2, 0.25) is 0 Å². The number of nitrogens with zero attached hydrogens (tertiary/aromatic N) is 1. The van der Waals surface area contributed by atoms with Crippen LogP contribution in [-0.2, 0) is 9.59 Å². The summed E-state index contributed by atoms with van der Waals surface area (Å²) in [5.74, 6) is -1.45. The van der Waals surface area contributed by atoms with E-state index in [-0.39, 0.29) is 0 Å². The van der Waals surface area contributed by atoms with Crippen molar-refractivity contribution >= 4 is 29.3 Å². The van der Waals surface area contributed by atoms with Crippen molar-refractivity contribution in [3.05, 3.63) is 22.2 Å². The number of carbonyl (C=O) groups is 2. The van der Waals surface area contributed by atoms with Crippen LogP contribution in [0.15, 0.2) is 11.5 Å². The molecule has 5 nitrogen and oxygen atoms in total. The van der Waals surface area contributed by atoms with Crippen molar-refractivity contribution in [1.29, 1.82) is 0 Å². The van der Waals surface area contributed by atoms with Gasteiger partial charge in [-0.3, -0.25) is 4.79 Å². The third kappa shape index (κ3) is 4.36. The number of carboxylic acid groups (broad SMARTS) is 1. The van der Waals surface area contributed by atoms with E-state index in [1.165, 1.54) is 17.4 Å². The molecule has 0 aliphatic rings. The van der Waals surface area contributed by atoms with Crippen molar-refractivity contribution in [3.8, 4) is 0 Å². The van der Waals surface area contributed by atoms with Crippen molar-refractivity contribution < 1.29 is 14.7 Å². The Kier molecular flexibility index (Phi) is 4.84. The van der Waals surface area contributed by atoms with E-state index in [0.29, 0.717) is 12.1 Å². The number of aromatic nitrogens is 1. The molecule has 0 spiro atoms. The van der Waals surface area contributed by atoms with Gasteiger partial charge in [-0.2, -0.15) is 0 Å². The molecular formula is C11H14N2O3S. The molecule has 1 heterocycles. The van der Waals surface area contributed by atoms with Gasteiger partial charge < -0.3 is 10.4 Å². The number of hydrogen-bond donors (Lipinski definition) is 2. The maximum Gasteiger partial charge on any atom is 0.326 e. The molecule has 0 fully saturated rings. The molecule has 0 aromatic carbocycles. The van der Waals surface area contributed by atoms with E-state index in [1.54, 1.807) is 13.0 Å². The van der Waals surface area contributed by atoms with E-state index in [0.717, 1.165) is 5.01 Å². The Balaban J connectivity index is 2.54. The Morgan fingerprint density at radius 2 is 2.35 bits per heavy atom. The number of carboxylic acids is 1. The Morgan fingerprint density at radius 3 is 2.82 bits per heavy atom. The molecule has 6 heteroatoms. The van der Waals surface area contributed by atoms with Crippen LogP contribution in [0.3, 0.4) is 0 Å². The van der Waals surface area contributed by atoms with Crippen LogP contribution in [0.25, 0.3) is 6.08 Å². The topological polar surface area (TPSA) is 79.3 Å². The first-order chi connectivity index (χ1) is 8.02. The lowest BCUT2D eigenvalue weighted by Gasteiger charge is -2.09. The normalized spacial score (nSPS) is 12.6. The predicted octanol–water partition coefficient (Wildman–Crippen LogP) is 1.44. The van der Waals surface area contributed by atoms with Crippen LogP contribution in [0.5, 0.6) is 0 Å². The third-order valence-corrected chi connectivity index (χ3v) is 2.86. The molecule has 1 rings (SSSR count). The summed E-state index contributed by atoms with van der Waals surface area (Å²) in [5, 5.41) is 13.9. The highest BCUT2D eigenvalue weighted by Crippen LogP contribution is 2.08. The molecule has 0 bridgehead atoms. The van der Waals surface area contributed by atoms with Crippen LogP contribution in [0.1, 0.15) is 24.0 Å². The lowest BCUT2D eigenvalue weighted by molar-refractivity contribution is -0.141. The highest BCUT2D eigenvalue weighted by molar-refractivity contribution is 7.09. The number of aryl methyl sites for hydroxylation is 1. The van der Waals surface area contributed by atoms with E-state index in [9.17, 15) is 9.59 Å². The van der Waals surface area contributed by atoms with Crippen molar-refractivity contribution in [1.82, 2.24) is 10.3 Å². The van der Waals surface area contributed by atoms with Gasteiger partial charge in [0.15, 0.2) is 0 Å². The predicted molar refractivity (Wildman–Crippen MR) is 65.7 cm³/mol. The summed E-state index contributed by atoms with van der Waals surface area (Å²) in [5.41, 5.74) is 0.700. The van der Waals surface area contributed by atoms with E-state index in [2.05, 4.69) is 10.3 Å². The van der Waals surface area contributed by atoms with Crippen LogP contribution in [0, 0.1) is 6.92 Å². The first-order valence-corrected chi connectivity index (χ1v) is 6.04. The number of amides is 1. The van der Waals surface area contributed by atoms with Gasteiger partial charge in [0.05, 0.1) is 10.7 Å². The molecule has 1 aromatic rings. The zero-order valence-corrected chi connectivity index (χ0v) is 10.5. The van der Waals surface area contributed by atoms with Crippen molar-refractivity contribution in [2.24, 2.45) is 0 Å². The van der Waals surface area contributed by atoms with Gasteiger partial charge in [-0.05, 0) is 19.4 Å². The Labute approximate surface area is 103 Å². The first kappa shape index (κ1) is 13.4. The molecule has 92 valence electrons. The fraction of sp³-hybridized carbons (Fsp3) is 0.364. The molecule has 0 aliphatic heterocycles. The second-order valence-electron chi connectivity index (χ2n) is 3.43. The van der Waals surface area contributed by atoms with E-state index >= 15 is 0 Å². The Morgan fingerprint density at radius 1 is 1.65 bits per heavy atom. The minimum atomic E-state index is -1.03. The van der Waals surface area contributed by atoms with Crippen LogP contribution in [0.4, 0.5) is 0 Å². The summed E-state index contributed by atoms with van der Waals surface area (Å²) in [4.78, 5) is 26.3. The number of thiazole rings is 1. The van der Waals surface area contributed by atoms with Crippen molar-refractivity contribution in [3.63, 3.8) is 0 Å². The zero-order chi connectivity index (χ0) is 12.8. The van der Waals surface area contributed by atoms with E-state index in [4.69, 9.17) is 5.11 Å². The number of carbonyl (C=O) groups excluding carboxylic acids is 1. The molecule has 0 radical (unpaired) electrons. The molecular weight excluding hydrogens is 240 g/mol. The second kappa shape index (κ2) is 6.15. The molecule has 1 aromatic heterocycles. The molecule has 0 aliphatic carbocycles. The van der Waals surface area contributed by atoms with Gasteiger partial charge in [0.1, 0.15) is 6.04 Å². The number of hydrogen-bond acceptors (Lipinski definition) is 4. The van der Waals surface area contributed by atoms with Gasteiger partial charge in [0, 0.05) is 11.5 Å². The van der Waals surface area contributed by atoms with Gasteiger partial charge in [-0.25, -0.2) is 9.78 Å². The van der Waals surface area contributed by atoms with Gasteiger partial charge in [-0.1, -0.05) is 6.92 Å². The van der Waals surface area contributed by atoms with Crippen LogP contribution >= 0.6 is 11.3 Å². The van der Waals surface area contributed by atoms with Gasteiger partial charge in [0.2, 0.25) is 5.91 Å². The lowest BCUT2D eigenvalue weighted by atomic mass is 10.2. The number of aliphatic carboxylic acids is 1. The Hall–Kier alpha value is -1.69. The summed E-state index contributed by atoms with van der Waals surface area (Å²) < 4.78 is 0. The van der Waals surface area contributed by atoms with Crippen molar-refractivity contribution in [2.45, 2.75) is 26.3 Å². The fourth-order valence-corrected chi connectivity index (χ4v) is 1.76.